The molecule has 0 amide bonds. The van der Waals surface area contributed by atoms with Gasteiger partial charge >= 0.3 is 0 Å². The second kappa shape index (κ2) is 7.20. The molecule has 1 N–H and O–H groups in total. The van der Waals surface area contributed by atoms with Crippen LogP contribution in [0.3, 0.4) is 0 Å². The number of sulfonamides is 1. The summed E-state index contributed by atoms with van der Waals surface area (Å²) < 4.78 is 32.9. The van der Waals surface area contributed by atoms with Crippen molar-refractivity contribution in [2.75, 3.05) is 6.61 Å². The molecule has 112 valence electrons. The van der Waals surface area contributed by atoms with E-state index in [1.165, 1.54) is 6.42 Å². The van der Waals surface area contributed by atoms with Gasteiger partial charge in [-0.2, -0.15) is 0 Å². The van der Waals surface area contributed by atoms with Crippen LogP contribution >= 0.6 is 0 Å². The molecule has 5 heteroatoms. The van der Waals surface area contributed by atoms with Crippen molar-refractivity contribution in [2.45, 2.75) is 56.6 Å². The standard InChI is InChI=1S/C15H23NO3S/c1-2-19-12-13-7-6-10-15(11-13)20(17,18)16-14-8-4-3-5-9-14/h6-7,10-11,14,16H,2-5,8-9,12H2,1H3. The summed E-state index contributed by atoms with van der Waals surface area (Å²) in [6.07, 6.45) is 5.31. The van der Waals surface area contributed by atoms with Crippen LogP contribution in [-0.4, -0.2) is 21.1 Å². The average Bonchev–Trinajstić information content (AvgIpc) is 2.46. The molecular weight excluding hydrogens is 274 g/mol. The Morgan fingerprint density at radius 2 is 2.00 bits per heavy atom. The minimum absolute atomic E-state index is 0.0873. The molecular formula is C15H23NO3S. The Labute approximate surface area is 121 Å². The number of hydrogen-bond donors (Lipinski definition) is 1. The number of hydrogen-bond acceptors (Lipinski definition) is 3. The van der Waals surface area contributed by atoms with Crippen LogP contribution in [0.15, 0.2) is 29.2 Å². The summed E-state index contributed by atoms with van der Waals surface area (Å²) in [7, 11) is -3.41. The van der Waals surface area contributed by atoms with Gasteiger partial charge in [0.1, 0.15) is 0 Å². The van der Waals surface area contributed by atoms with Gasteiger partial charge in [0, 0.05) is 12.6 Å². The third-order valence-corrected chi connectivity index (χ3v) is 5.13. The Morgan fingerprint density at radius 3 is 2.70 bits per heavy atom. The second-order valence-corrected chi connectivity index (χ2v) is 6.95. The monoisotopic (exact) mass is 297 g/mol. The third kappa shape index (κ3) is 4.30. The summed E-state index contributed by atoms with van der Waals surface area (Å²) >= 11 is 0. The Kier molecular flexibility index (Phi) is 5.57. The Morgan fingerprint density at radius 1 is 1.25 bits per heavy atom. The minimum Gasteiger partial charge on any atom is -0.377 e. The van der Waals surface area contributed by atoms with E-state index in [1.807, 2.05) is 13.0 Å². The molecule has 0 bridgehead atoms. The summed E-state index contributed by atoms with van der Waals surface area (Å²) in [4.78, 5) is 0.334. The first-order chi connectivity index (χ1) is 9.62. The largest absolute Gasteiger partial charge is 0.377 e. The first-order valence-corrected chi connectivity index (χ1v) is 8.79. The number of nitrogens with one attached hydrogen (secondary N) is 1. The van der Waals surface area contributed by atoms with Crippen LogP contribution in [0.25, 0.3) is 0 Å². The van der Waals surface area contributed by atoms with E-state index in [4.69, 9.17) is 4.74 Å². The van der Waals surface area contributed by atoms with E-state index in [0.29, 0.717) is 18.1 Å². The van der Waals surface area contributed by atoms with Crippen LogP contribution in [0.2, 0.25) is 0 Å². The van der Waals surface area contributed by atoms with Gasteiger partial charge in [-0.15, -0.1) is 0 Å². The highest BCUT2D eigenvalue weighted by atomic mass is 32.2. The van der Waals surface area contributed by atoms with Gasteiger partial charge in [-0.1, -0.05) is 31.4 Å². The lowest BCUT2D eigenvalue weighted by Gasteiger charge is -2.22. The van der Waals surface area contributed by atoms with Crippen molar-refractivity contribution in [3.8, 4) is 0 Å². The van der Waals surface area contributed by atoms with Crippen molar-refractivity contribution < 1.29 is 13.2 Å². The van der Waals surface area contributed by atoms with Gasteiger partial charge < -0.3 is 4.74 Å². The fraction of sp³-hybridized carbons (Fsp3) is 0.600. The van der Waals surface area contributed by atoms with E-state index < -0.39 is 10.0 Å². The predicted molar refractivity (Wildman–Crippen MR) is 79.0 cm³/mol. The predicted octanol–water partition coefficient (Wildman–Crippen LogP) is 2.83. The van der Waals surface area contributed by atoms with E-state index in [0.717, 1.165) is 31.2 Å². The van der Waals surface area contributed by atoms with E-state index in [9.17, 15) is 8.42 Å². The van der Waals surface area contributed by atoms with Crippen LogP contribution in [0.1, 0.15) is 44.6 Å². The highest BCUT2D eigenvalue weighted by molar-refractivity contribution is 7.89. The fourth-order valence-corrected chi connectivity index (χ4v) is 3.91. The fourth-order valence-electron chi connectivity index (χ4n) is 2.53. The molecule has 2 rings (SSSR count). The second-order valence-electron chi connectivity index (χ2n) is 5.24. The van der Waals surface area contributed by atoms with E-state index >= 15 is 0 Å². The molecule has 1 saturated carbocycles. The zero-order valence-electron chi connectivity index (χ0n) is 12.0. The maximum absolute atomic E-state index is 12.4. The van der Waals surface area contributed by atoms with Crippen molar-refractivity contribution in [1.82, 2.24) is 4.72 Å². The van der Waals surface area contributed by atoms with Gasteiger partial charge in [-0.05, 0) is 37.5 Å². The summed E-state index contributed by atoms with van der Waals surface area (Å²) in [5.74, 6) is 0. The summed E-state index contributed by atoms with van der Waals surface area (Å²) in [6, 6.07) is 7.07. The Hall–Kier alpha value is -0.910. The molecule has 0 aliphatic heterocycles. The van der Waals surface area contributed by atoms with Gasteiger partial charge in [-0.25, -0.2) is 13.1 Å². The van der Waals surface area contributed by atoms with Crippen molar-refractivity contribution >= 4 is 10.0 Å². The molecule has 0 unspecified atom stereocenters. The summed E-state index contributed by atoms with van der Waals surface area (Å²) in [5.41, 5.74) is 0.887. The van der Waals surface area contributed by atoms with Gasteiger partial charge in [0.25, 0.3) is 0 Å². The van der Waals surface area contributed by atoms with Gasteiger partial charge in [-0.3, -0.25) is 0 Å². The Balaban J connectivity index is 2.07. The Bertz CT molecular complexity index is 522. The normalized spacial score (nSPS) is 17.2. The van der Waals surface area contributed by atoms with Gasteiger partial charge in [0.05, 0.1) is 11.5 Å². The van der Waals surface area contributed by atoms with E-state index in [2.05, 4.69) is 4.72 Å². The topological polar surface area (TPSA) is 55.4 Å². The molecule has 0 spiro atoms. The van der Waals surface area contributed by atoms with Crippen LogP contribution in [0.4, 0.5) is 0 Å². The summed E-state index contributed by atoms with van der Waals surface area (Å²) in [5, 5.41) is 0. The maximum Gasteiger partial charge on any atom is 0.240 e. The number of benzene rings is 1. The smallest absolute Gasteiger partial charge is 0.240 e. The molecule has 0 aromatic heterocycles. The number of rotatable bonds is 6. The lowest BCUT2D eigenvalue weighted by Crippen LogP contribution is -2.36. The highest BCUT2D eigenvalue weighted by Crippen LogP contribution is 2.20. The van der Waals surface area contributed by atoms with Crippen LogP contribution in [-0.2, 0) is 21.4 Å². The molecule has 0 radical (unpaired) electrons. The zero-order valence-corrected chi connectivity index (χ0v) is 12.8. The maximum atomic E-state index is 12.4. The number of ether oxygens (including phenoxy) is 1. The van der Waals surface area contributed by atoms with E-state index in [1.54, 1.807) is 18.2 Å². The molecule has 1 aromatic rings. The van der Waals surface area contributed by atoms with Crippen LogP contribution in [0, 0.1) is 0 Å². The molecule has 0 heterocycles. The lowest BCUT2D eigenvalue weighted by atomic mass is 9.96. The van der Waals surface area contributed by atoms with Gasteiger partial charge in [0.15, 0.2) is 0 Å². The highest BCUT2D eigenvalue weighted by Gasteiger charge is 2.21. The third-order valence-electron chi connectivity index (χ3n) is 3.61. The molecule has 4 nitrogen and oxygen atoms in total. The molecule has 0 saturated heterocycles. The SMILES string of the molecule is CCOCc1cccc(S(=O)(=O)NC2CCCCC2)c1. The minimum atomic E-state index is -3.41. The summed E-state index contributed by atoms with van der Waals surface area (Å²) in [6.45, 7) is 2.99. The first kappa shape index (κ1) is 15.5. The first-order valence-electron chi connectivity index (χ1n) is 7.31. The molecule has 1 aliphatic carbocycles. The lowest BCUT2D eigenvalue weighted by molar-refractivity contribution is 0.134. The molecule has 1 aliphatic rings. The van der Waals surface area contributed by atoms with Crippen molar-refractivity contribution in [1.29, 1.82) is 0 Å². The molecule has 1 aromatic carbocycles. The van der Waals surface area contributed by atoms with Crippen molar-refractivity contribution in [2.24, 2.45) is 0 Å². The van der Waals surface area contributed by atoms with Crippen molar-refractivity contribution in [3.63, 3.8) is 0 Å². The molecule has 1 fully saturated rings. The quantitative estimate of drug-likeness (QED) is 0.878. The molecule has 20 heavy (non-hydrogen) atoms. The van der Waals surface area contributed by atoms with E-state index in [-0.39, 0.29) is 6.04 Å². The van der Waals surface area contributed by atoms with Gasteiger partial charge in [0.2, 0.25) is 10.0 Å². The van der Waals surface area contributed by atoms with Crippen LogP contribution in [0.5, 0.6) is 0 Å². The zero-order chi connectivity index (χ0) is 14.4. The van der Waals surface area contributed by atoms with Crippen LogP contribution < -0.4 is 4.72 Å². The van der Waals surface area contributed by atoms with Crippen molar-refractivity contribution in [3.05, 3.63) is 29.8 Å². The molecule has 0 atom stereocenters. The average molecular weight is 297 g/mol.